The Balaban J connectivity index is 1.70. The molecule has 3 rings (SSSR count). The zero-order chi connectivity index (χ0) is 14.8. The van der Waals surface area contributed by atoms with E-state index in [0.29, 0.717) is 22.0 Å². The Morgan fingerprint density at radius 2 is 2.19 bits per heavy atom. The average molecular weight is 355 g/mol. The van der Waals surface area contributed by atoms with E-state index >= 15 is 0 Å². The van der Waals surface area contributed by atoms with E-state index in [1.165, 1.54) is 25.3 Å². The van der Waals surface area contributed by atoms with Crippen molar-refractivity contribution >= 4 is 21.8 Å². The highest BCUT2D eigenvalue weighted by Crippen LogP contribution is 2.26. The Morgan fingerprint density at radius 1 is 1.33 bits per heavy atom. The van der Waals surface area contributed by atoms with Gasteiger partial charge in [0.25, 0.3) is 5.91 Å². The number of rotatable bonds is 2. The van der Waals surface area contributed by atoms with Crippen molar-refractivity contribution in [2.24, 2.45) is 5.92 Å². The maximum absolute atomic E-state index is 13.3. The molecule has 0 bridgehead atoms. The molecule has 5 heteroatoms. The molecule has 2 saturated heterocycles. The van der Waals surface area contributed by atoms with Gasteiger partial charge >= 0.3 is 0 Å². The van der Waals surface area contributed by atoms with Gasteiger partial charge in [-0.15, -0.1) is 0 Å². The summed E-state index contributed by atoms with van der Waals surface area (Å²) in [5.41, 5.74) is 0.559. The first kappa shape index (κ1) is 15.0. The van der Waals surface area contributed by atoms with E-state index in [2.05, 4.69) is 21.2 Å². The van der Waals surface area contributed by atoms with Crippen LogP contribution < -0.4 is 5.32 Å². The molecule has 1 amide bonds. The van der Waals surface area contributed by atoms with Gasteiger partial charge < -0.3 is 10.2 Å². The van der Waals surface area contributed by atoms with Crippen LogP contribution in [0.1, 0.15) is 36.0 Å². The number of halogens is 2. The van der Waals surface area contributed by atoms with Crippen LogP contribution >= 0.6 is 15.9 Å². The zero-order valence-corrected chi connectivity index (χ0v) is 13.5. The van der Waals surface area contributed by atoms with Crippen LogP contribution in [-0.2, 0) is 0 Å². The minimum atomic E-state index is -0.335. The average Bonchev–Trinajstić information content (AvgIpc) is 3.04. The molecule has 2 aliphatic heterocycles. The molecule has 2 heterocycles. The molecule has 3 nitrogen and oxygen atoms in total. The molecule has 114 valence electrons. The monoisotopic (exact) mass is 354 g/mol. The molecule has 0 saturated carbocycles. The summed E-state index contributed by atoms with van der Waals surface area (Å²) in [6.07, 6.45) is 4.69. The van der Waals surface area contributed by atoms with Gasteiger partial charge in [0, 0.05) is 24.7 Å². The SMILES string of the molecule is O=C(c1ccc(F)c(Br)c1)N1CCCC(C2CCCN2)C1. The second-order valence-electron chi connectivity index (χ2n) is 5.99. The number of benzene rings is 1. The molecule has 0 radical (unpaired) electrons. The first-order chi connectivity index (χ1) is 10.1. The van der Waals surface area contributed by atoms with E-state index in [4.69, 9.17) is 0 Å². The predicted octanol–water partition coefficient (Wildman–Crippen LogP) is 3.19. The van der Waals surface area contributed by atoms with Crippen LogP contribution in [0.5, 0.6) is 0 Å². The Labute approximate surface area is 133 Å². The van der Waals surface area contributed by atoms with Gasteiger partial charge in [-0.1, -0.05) is 0 Å². The maximum Gasteiger partial charge on any atom is 0.253 e. The van der Waals surface area contributed by atoms with Gasteiger partial charge in [0.15, 0.2) is 0 Å². The summed E-state index contributed by atoms with van der Waals surface area (Å²) in [7, 11) is 0. The van der Waals surface area contributed by atoms with Crippen LogP contribution in [0.4, 0.5) is 4.39 Å². The third-order valence-electron chi connectivity index (χ3n) is 4.58. The lowest BCUT2D eigenvalue weighted by atomic mass is 9.89. The number of amides is 1. The third-order valence-corrected chi connectivity index (χ3v) is 5.19. The summed E-state index contributed by atoms with van der Waals surface area (Å²) >= 11 is 3.15. The summed E-state index contributed by atoms with van der Waals surface area (Å²) in [4.78, 5) is 14.5. The summed E-state index contributed by atoms with van der Waals surface area (Å²) in [5.74, 6) is 0.228. The quantitative estimate of drug-likeness (QED) is 0.884. The molecule has 2 atom stereocenters. The second-order valence-corrected chi connectivity index (χ2v) is 6.84. The van der Waals surface area contributed by atoms with Gasteiger partial charge in [0.2, 0.25) is 0 Å². The molecule has 0 aromatic heterocycles. The first-order valence-electron chi connectivity index (χ1n) is 7.63. The maximum atomic E-state index is 13.3. The second kappa shape index (κ2) is 6.44. The Morgan fingerprint density at radius 3 is 2.90 bits per heavy atom. The third kappa shape index (κ3) is 3.29. The number of nitrogens with zero attached hydrogens (tertiary/aromatic N) is 1. The van der Waals surface area contributed by atoms with Gasteiger partial charge in [-0.25, -0.2) is 4.39 Å². The molecule has 2 fully saturated rings. The van der Waals surface area contributed by atoms with Gasteiger partial charge in [0.1, 0.15) is 5.82 Å². The van der Waals surface area contributed by atoms with E-state index in [1.54, 1.807) is 12.1 Å². The molecule has 1 aromatic carbocycles. The van der Waals surface area contributed by atoms with Crippen LogP contribution in [0.25, 0.3) is 0 Å². The summed E-state index contributed by atoms with van der Waals surface area (Å²) in [5, 5.41) is 3.55. The topological polar surface area (TPSA) is 32.3 Å². The molecule has 2 unspecified atom stereocenters. The summed E-state index contributed by atoms with van der Waals surface area (Å²) in [6, 6.07) is 5.05. The summed E-state index contributed by atoms with van der Waals surface area (Å²) < 4.78 is 13.6. The molecule has 2 aliphatic rings. The highest BCUT2D eigenvalue weighted by molar-refractivity contribution is 9.10. The van der Waals surface area contributed by atoms with Gasteiger partial charge in [-0.05, 0) is 72.3 Å². The fourth-order valence-corrected chi connectivity index (χ4v) is 3.83. The lowest BCUT2D eigenvalue weighted by Gasteiger charge is -2.36. The molecular weight excluding hydrogens is 335 g/mol. The largest absolute Gasteiger partial charge is 0.338 e. The first-order valence-corrected chi connectivity index (χ1v) is 8.42. The van der Waals surface area contributed by atoms with Crippen molar-refractivity contribution < 1.29 is 9.18 Å². The van der Waals surface area contributed by atoms with Crippen LogP contribution in [0.2, 0.25) is 0 Å². The Bertz CT molecular complexity index is 531. The van der Waals surface area contributed by atoms with Crippen molar-refractivity contribution in [1.29, 1.82) is 0 Å². The van der Waals surface area contributed by atoms with Crippen molar-refractivity contribution in [2.45, 2.75) is 31.7 Å². The number of carbonyl (C=O) groups excluding carboxylic acids is 1. The highest BCUT2D eigenvalue weighted by Gasteiger charge is 2.31. The minimum absolute atomic E-state index is 0.0124. The van der Waals surface area contributed by atoms with Crippen LogP contribution in [0, 0.1) is 11.7 Å². The molecule has 0 aliphatic carbocycles. The number of nitrogens with one attached hydrogen (secondary N) is 1. The molecule has 1 N–H and O–H groups in total. The van der Waals surface area contributed by atoms with E-state index in [9.17, 15) is 9.18 Å². The summed E-state index contributed by atoms with van der Waals surface area (Å²) in [6.45, 7) is 2.71. The van der Waals surface area contributed by atoms with Gasteiger partial charge in [-0.2, -0.15) is 0 Å². The van der Waals surface area contributed by atoms with Crippen molar-refractivity contribution in [2.75, 3.05) is 19.6 Å². The Kier molecular flexibility index (Phi) is 4.60. The van der Waals surface area contributed by atoms with Crippen molar-refractivity contribution in [3.63, 3.8) is 0 Å². The number of piperidine rings is 1. The van der Waals surface area contributed by atoms with Crippen LogP contribution in [-0.4, -0.2) is 36.5 Å². The lowest BCUT2D eigenvalue weighted by Crippen LogP contribution is -2.45. The molecule has 0 spiro atoms. The van der Waals surface area contributed by atoms with E-state index in [0.717, 1.165) is 26.1 Å². The van der Waals surface area contributed by atoms with Crippen LogP contribution in [0.3, 0.4) is 0 Å². The lowest BCUT2D eigenvalue weighted by molar-refractivity contribution is 0.0651. The van der Waals surface area contributed by atoms with E-state index < -0.39 is 0 Å². The minimum Gasteiger partial charge on any atom is -0.338 e. The highest BCUT2D eigenvalue weighted by atomic mass is 79.9. The number of hydrogen-bond acceptors (Lipinski definition) is 2. The Hall–Kier alpha value is -0.940. The number of likely N-dealkylation sites (tertiary alicyclic amines) is 1. The van der Waals surface area contributed by atoms with E-state index in [1.807, 2.05) is 4.90 Å². The number of hydrogen-bond donors (Lipinski definition) is 1. The molecular formula is C16H20BrFN2O. The standard InChI is InChI=1S/C16H20BrFN2O/c17-13-9-11(5-6-14(13)18)16(21)20-8-2-3-12(10-20)15-4-1-7-19-15/h5-6,9,12,15,19H,1-4,7-8,10H2. The van der Waals surface area contributed by atoms with Crippen LogP contribution in [0.15, 0.2) is 22.7 Å². The number of carbonyl (C=O) groups is 1. The van der Waals surface area contributed by atoms with Crippen molar-refractivity contribution in [3.05, 3.63) is 34.1 Å². The van der Waals surface area contributed by atoms with Crippen molar-refractivity contribution in [3.8, 4) is 0 Å². The molecule has 1 aromatic rings. The van der Waals surface area contributed by atoms with Crippen molar-refractivity contribution in [1.82, 2.24) is 10.2 Å². The zero-order valence-electron chi connectivity index (χ0n) is 11.9. The molecule has 21 heavy (non-hydrogen) atoms. The van der Waals surface area contributed by atoms with Gasteiger partial charge in [-0.3, -0.25) is 4.79 Å². The van der Waals surface area contributed by atoms with Gasteiger partial charge in [0.05, 0.1) is 4.47 Å². The smallest absolute Gasteiger partial charge is 0.253 e. The normalized spacial score (nSPS) is 26.1. The fraction of sp³-hybridized carbons (Fsp3) is 0.562. The fourth-order valence-electron chi connectivity index (χ4n) is 3.45. The predicted molar refractivity (Wildman–Crippen MR) is 83.8 cm³/mol. The van der Waals surface area contributed by atoms with E-state index in [-0.39, 0.29) is 11.7 Å².